The number of thiazole rings is 1. The Morgan fingerprint density at radius 3 is 2.54 bits per heavy atom. The number of benzene rings is 2. The molecule has 0 saturated carbocycles. The van der Waals surface area contributed by atoms with Crippen molar-refractivity contribution in [3.05, 3.63) is 107 Å². The van der Waals surface area contributed by atoms with Gasteiger partial charge in [0.2, 0.25) is 5.95 Å². The molecule has 3 N–H and O–H groups in total. The van der Waals surface area contributed by atoms with Crippen molar-refractivity contribution in [2.45, 2.75) is 32.0 Å². The van der Waals surface area contributed by atoms with Crippen LogP contribution in [0.25, 0.3) is 16.0 Å². The highest BCUT2D eigenvalue weighted by Gasteiger charge is 2.55. The Bertz CT molecular complexity index is 1660. The van der Waals surface area contributed by atoms with Crippen molar-refractivity contribution in [2.24, 2.45) is 5.41 Å². The molecular weight excluding hydrogens is 553 g/mol. The molecule has 1 aliphatic rings. The van der Waals surface area contributed by atoms with Gasteiger partial charge >= 0.3 is 12.1 Å². The van der Waals surface area contributed by atoms with Gasteiger partial charge in [-0.05, 0) is 60.7 Å². The minimum absolute atomic E-state index is 0.0558. The monoisotopic (exact) mass is 578 g/mol. The minimum Gasteiger partial charge on any atom is -0.480 e. The second kappa shape index (κ2) is 10.6. The van der Waals surface area contributed by atoms with Gasteiger partial charge in [0.15, 0.2) is 0 Å². The highest BCUT2D eigenvalue weighted by molar-refractivity contribution is 7.15. The molecule has 0 saturated heterocycles. The van der Waals surface area contributed by atoms with Crippen LogP contribution in [0.3, 0.4) is 0 Å². The zero-order valence-corrected chi connectivity index (χ0v) is 22.8. The van der Waals surface area contributed by atoms with Crippen molar-refractivity contribution in [2.75, 3.05) is 5.32 Å². The fourth-order valence-corrected chi connectivity index (χ4v) is 5.85. The molecule has 0 bridgehead atoms. The number of aryl methyl sites for hydroxylation is 1. The van der Waals surface area contributed by atoms with Gasteiger partial charge in [0.05, 0.1) is 4.88 Å². The highest BCUT2D eigenvalue weighted by Crippen LogP contribution is 2.51. The van der Waals surface area contributed by atoms with Crippen molar-refractivity contribution in [1.29, 1.82) is 0 Å². The van der Waals surface area contributed by atoms with Crippen LogP contribution in [-0.2, 0) is 16.6 Å². The summed E-state index contributed by atoms with van der Waals surface area (Å²) in [6.45, 7) is 3.28. The molecule has 2 unspecified atom stereocenters. The Morgan fingerprint density at radius 2 is 1.83 bits per heavy atom. The third kappa shape index (κ3) is 5.50. The first kappa shape index (κ1) is 28.2. The van der Waals surface area contributed by atoms with Crippen molar-refractivity contribution in [3.63, 3.8) is 0 Å². The number of hydrogen-bond donors (Lipinski definition) is 3. The summed E-state index contributed by atoms with van der Waals surface area (Å²) in [7, 11) is 0. The van der Waals surface area contributed by atoms with Crippen LogP contribution >= 0.6 is 11.3 Å². The first-order valence-corrected chi connectivity index (χ1v) is 13.4. The molecule has 0 radical (unpaired) electrons. The summed E-state index contributed by atoms with van der Waals surface area (Å²) in [5, 5.41) is 25.3. The van der Waals surface area contributed by atoms with Crippen LogP contribution in [-0.4, -0.2) is 31.1 Å². The third-order valence-electron chi connectivity index (χ3n) is 7.03. The quantitative estimate of drug-likeness (QED) is 0.217. The smallest absolute Gasteiger partial charge is 0.433 e. The molecule has 41 heavy (non-hydrogen) atoms. The second-order valence-corrected chi connectivity index (χ2v) is 11.0. The van der Waals surface area contributed by atoms with E-state index in [-0.39, 0.29) is 17.4 Å². The number of alkyl halides is 3. The minimum atomic E-state index is -4.61. The van der Waals surface area contributed by atoms with Gasteiger partial charge in [-0.3, -0.25) is 4.79 Å². The Labute approximate surface area is 237 Å². The molecule has 4 aromatic rings. The largest absolute Gasteiger partial charge is 0.480 e. The maximum Gasteiger partial charge on any atom is 0.433 e. The van der Waals surface area contributed by atoms with Gasteiger partial charge in [0, 0.05) is 18.1 Å². The van der Waals surface area contributed by atoms with E-state index in [1.807, 2.05) is 49.4 Å². The Kier molecular flexibility index (Phi) is 7.26. The fourth-order valence-electron chi connectivity index (χ4n) is 4.81. The van der Waals surface area contributed by atoms with Crippen LogP contribution in [0.5, 0.6) is 0 Å². The summed E-state index contributed by atoms with van der Waals surface area (Å²) in [6.07, 6.45) is 3.03. The van der Waals surface area contributed by atoms with E-state index in [2.05, 4.69) is 20.3 Å². The number of halogens is 3. The lowest BCUT2D eigenvalue weighted by atomic mass is 9.66. The standard InChI is InChI=1S/C30H25F3N4O3S/c1-18-13-21(15-22(14-18)36-27-34-12-10-24(37-27)30(31,32)33)23-17-35-25(41-23)28(2,40)29(26(38)39)11-6-9-20(16-29)19-7-4-3-5-8-19/h3-15,17,40H,16H2,1-2H3,(H,38,39)(H,34,36,37). The summed E-state index contributed by atoms with van der Waals surface area (Å²) in [6, 6.07) is 15.5. The molecular formula is C30H25F3N4O3S. The molecule has 5 rings (SSSR count). The number of aromatic nitrogens is 3. The zero-order valence-electron chi connectivity index (χ0n) is 22.0. The number of anilines is 2. The van der Waals surface area contributed by atoms with E-state index in [1.165, 1.54) is 13.0 Å². The van der Waals surface area contributed by atoms with Crippen molar-refractivity contribution in [3.8, 4) is 10.4 Å². The average molecular weight is 579 g/mol. The van der Waals surface area contributed by atoms with Crippen LogP contribution in [0, 0.1) is 12.3 Å². The molecule has 0 spiro atoms. The van der Waals surface area contributed by atoms with Gasteiger partial charge in [-0.25, -0.2) is 15.0 Å². The van der Waals surface area contributed by atoms with E-state index >= 15 is 0 Å². The molecule has 1 aliphatic carbocycles. The number of nitrogens with one attached hydrogen (secondary N) is 1. The van der Waals surface area contributed by atoms with Gasteiger partial charge in [0.1, 0.15) is 21.7 Å². The number of aliphatic carboxylic acids is 1. The lowest BCUT2D eigenvalue weighted by Gasteiger charge is -2.40. The Hall–Kier alpha value is -4.35. The van der Waals surface area contributed by atoms with E-state index in [1.54, 1.807) is 24.4 Å². The van der Waals surface area contributed by atoms with E-state index in [0.29, 0.717) is 16.1 Å². The molecule has 0 aliphatic heterocycles. The van der Waals surface area contributed by atoms with E-state index < -0.39 is 28.9 Å². The summed E-state index contributed by atoms with van der Waals surface area (Å²) in [5.41, 5.74) is -1.05. The molecule has 210 valence electrons. The number of carboxylic acid groups (broad SMARTS) is 1. The number of carbonyl (C=O) groups is 1. The number of hydrogen-bond acceptors (Lipinski definition) is 7. The summed E-state index contributed by atoms with van der Waals surface area (Å²) in [4.78, 5) is 25.3. The summed E-state index contributed by atoms with van der Waals surface area (Å²) >= 11 is 1.14. The average Bonchev–Trinajstić information content (AvgIpc) is 3.44. The van der Waals surface area contributed by atoms with Gasteiger partial charge in [-0.2, -0.15) is 13.2 Å². The first-order valence-electron chi connectivity index (χ1n) is 12.5. The molecule has 2 heterocycles. The zero-order chi connectivity index (χ0) is 29.4. The number of rotatable bonds is 7. The first-order chi connectivity index (χ1) is 19.4. The van der Waals surface area contributed by atoms with E-state index in [9.17, 15) is 28.2 Å². The van der Waals surface area contributed by atoms with Gasteiger partial charge in [-0.1, -0.05) is 54.6 Å². The lowest BCUT2D eigenvalue weighted by molar-refractivity contribution is -0.161. The fraction of sp³-hybridized carbons (Fsp3) is 0.200. The number of carboxylic acids is 1. The third-order valence-corrected chi connectivity index (χ3v) is 8.29. The summed E-state index contributed by atoms with van der Waals surface area (Å²) < 4.78 is 39.3. The number of nitrogens with zero attached hydrogens (tertiary/aromatic N) is 3. The number of allylic oxidation sites excluding steroid dienone is 3. The molecule has 2 atom stereocenters. The van der Waals surface area contributed by atoms with Crippen molar-refractivity contribution < 1.29 is 28.2 Å². The normalized spacial score (nSPS) is 18.4. The second-order valence-electron chi connectivity index (χ2n) is 9.95. The molecule has 0 amide bonds. The maximum absolute atomic E-state index is 13.1. The highest BCUT2D eigenvalue weighted by atomic mass is 32.1. The lowest BCUT2D eigenvalue weighted by Crippen LogP contribution is -2.48. The Morgan fingerprint density at radius 1 is 1.07 bits per heavy atom. The van der Waals surface area contributed by atoms with Gasteiger partial charge < -0.3 is 15.5 Å². The van der Waals surface area contributed by atoms with Crippen LogP contribution in [0.4, 0.5) is 24.8 Å². The van der Waals surface area contributed by atoms with Crippen LogP contribution < -0.4 is 5.32 Å². The van der Waals surface area contributed by atoms with Crippen molar-refractivity contribution >= 4 is 34.5 Å². The van der Waals surface area contributed by atoms with Crippen LogP contribution in [0.2, 0.25) is 0 Å². The van der Waals surface area contributed by atoms with Crippen LogP contribution in [0.1, 0.15) is 35.2 Å². The van der Waals surface area contributed by atoms with Gasteiger partial charge in [0.25, 0.3) is 0 Å². The van der Waals surface area contributed by atoms with Crippen LogP contribution in [0.15, 0.2) is 85.2 Å². The topological polar surface area (TPSA) is 108 Å². The van der Waals surface area contributed by atoms with E-state index in [4.69, 9.17) is 0 Å². The molecule has 2 aromatic heterocycles. The predicted molar refractivity (Wildman–Crippen MR) is 150 cm³/mol. The van der Waals surface area contributed by atoms with E-state index in [0.717, 1.165) is 40.3 Å². The van der Waals surface area contributed by atoms with Crippen molar-refractivity contribution in [1.82, 2.24) is 15.0 Å². The molecule has 7 nitrogen and oxygen atoms in total. The Balaban J connectivity index is 1.45. The van der Waals surface area contributed by atoms with Gasteiger partial charge in [-0.15, -0.1) is 11.3 Å². The SMILES string of the molecule is Cc1cc(Nc2nccc(C(F)(F)F)n2)cc(-c2cnc(C(C)(O)C3(C(=O)O)C=CC=C(c4ccccc4)C3)s2)c1. The molecule has 0 fully saturated rings. The summed E-state index contributed by atoms with van der Waals surface area (Å²) in [5.74, 6) is -1.39. The molecule has 2 aromatic carbocycles. The number of aliphatic hydroxyl groups is 1. The molecule has 11 heteroatoms. The maximum atomic E-state index is 13.1. The predicted octanol–water partition coefficient (Wildman–Crippen LogP) is 6.99.